The number of allylic oxidation sites excluding steroid dienone is 3. The van der Waals surface area contributed by atoms with E-state index in [0.717, 1.165) is 18.1 Å². The highest BCUT2D eigenvalue weighted by Gasteiger charge is 2.38. The van der Waals surface area contributed by atoms with Crippen molar-refractivity contribution in [1.29, 1.82) is 0 Å². The topological polar surface area (TPSA) is 52.6 Å². The van der Waals surface area contributed by atoms with Crippen molar-refractivity contribution in [2.24, 2.45) is 0 Å². The van der Waals surface area contributed by atoms with Gasteiger partial charge in [0.05, 0.1) is 23.4 Å². The van der Waals surface area contributed by atoms with Crippen LogP contribution < -0.4 is 5.32 Å². The van der Waals surface area contributed by atoms with Crippen LogP contribution in [0.3, 0.4) is 0 Å². The highest BCUT2D eigenvalue weighted by Crippen LogP contribution is 2.43. The van der Waals surface area contributed by atoms with Gasteiger partial charge in [-0.2, -0.15) is 13.2 Å². The van der Waals surface area contributed by atoms with Gasteiger partial charge in [-0.3, -0.25) is 4.79 Å². The lowest BCUT2D eigenvalue weighted by molar-refractivity contribution is -0.137. The number of halogens is 3. The Morgan fingerprint density at radius 3 is 2.79 bits per heavy atom. The molecule has 1 aromatic rings. The smallest absolute Gasteiger partial charge is 0.416 e. The lowest BCUT2D eigenvalue weighted by atomic mass is 9.87. The van der Waals surface area contributed by atoms with Gasteiger partial charge >= 0.3 is 6.18 Å². The summed E-state index contributed by atoms with van der Waals surface area (Å²) in [6, 6.07) is 3.13. The molecule has 3 aliphatic rings. The molecule has 1 aromatic carbocycles. The maximum absolute atomic E-state index is 13.2. The number of aliphatic hydroxyl groups is 1. The largest absolute Gasteiger partial charge is 0.512 e. The molecule has 0 saturated carbocycles. The van der Waals surface area contributed by atoms with Crippen LogP contribution in [0, 0.1) is 0 Å². The Labute approximate surface area is 161 Å². The van der Waals surface area contributed by atoms with Crippen molar-refractivity contribution in [3.63, 3.8) is 0 Å². The van der Waals surface area contributed by atoms with E-state index in [1.54, 1.807) is 17.1 Å². The number of alkyl halides is 3. The number of benzene rings is 1. The van der Waals surface area contributed by atoms with E-state index in [1.165, 1.54) is 12.1 Å². The quantitative estimate of drug-likeness (QED) is 0.757. The molecule has 1 saturated heterocycles. The summed E-state index contributed by atoms with van der Waals surface area (Å²) in [4.78, 5) is 14.1. The Bertz CT molecular complexity index is 886. The van der Waals surface area contributed by atoms with Crippen LogP contribution in [0.25, 0.3) is 0 Å². The van der Waals surface area contributed by atoms with Crippen molar-refractivity contribution in [3.8, 4) is 0 Å². The monoisotopic (exact) mass is 390 g/mol. The number of hydrogen-bond acceptors (Lipinski definition) is 3. The molecule has 0 radical (unpaired) electrons. The Kier molecular flexibility index (Phi) is 4.69. The van der Waals surface area contributed by atoms with Crippen LogP contribution in [0.2, 0.25) is 0 Å². The normalized spacial score (nSPS) is 25.0. The summed E-state index contributed by atoms with van der Waals surface area (Å²) in [5.41, 5.74) is 1.37. The molecule has 148 valence electrons. The highest BCUT2D eigenvalue weighted by molar-refractivity contribution is 5.79. The first kappa shape index (κ1) is 18.7. The van der Waals surface area contributed by atoms with Gasteiger partial charge in [-0.1, -0.05) is 18.2 Å². The van der Waals surface area contributed by atoms with Gasteiger partial charge in [-0.05, 0) is 48.3 Å². The summed E-state index contributed by atoms with van der Waals surface area (Å²) in [5, 5.41) is 13.0. The standard InChI is InChI=1S/C21H21F3N2O2/c22-21(23,24)14-7-9-17-16(11-14)19(26-10-2-5-20(26)28)12-18(25-17)13-3-1-4-15(27)8-6-13/h1,3-4,6-7,9,11,18-19,25,27H,2,5,8,10,12H2. The van der Waals surface area contributed by atoms with Crippen LogP contribution in [0.5, 0.6) is 0 Å². The number of nitrogens with zero attached hydrogens (tertiary/aromatic N) is 1. The number of fused-ring (bicyclic) bond motifs is 1. The molecule has 2 aliphatic heterocycles. The number of amides is 1. The third kappa shape index (κ3) is 3.53. The number of likely N-dealkylation sites (tertiary alicyclic amines) is 1. The Hall–Kier alpha value is -2.70. The molecular formula is C21H21F3N2O2. The molecular weight excluding hydrogens is 369 g/mol. The average molecular weight is 390 g/mol. The van der Waals surface area contributed by atoms with Gasteiger partial charge in [0.1, 0.15) is 0 Å². The van der Waals surface area contributed by atoms with Crippen LogP contribution in [0.4, 0.5) is 18.9 Å². The third-order valence-corrected chi connectivity index (χ3v) is 5.54. The van der Waals surface area contributed by atoms with Crippen molar-refractivity contribution in [1.82, 2.24) is 4.90 Å². The van der Waals surface area contributed by atoms with E-state index in [1.807, 2.05) is 12.2 Å². The minimum Gasteiger partial charge on any atom is -0.512 e. The van der Waals surface area contributed by atoms with Crippen LogP contribution in [-0.2, 0) is 11.0 Å². The first-order chi connectivity index (χ1) is 13.3. The molecule has 2 atom stereocenters. The zero-order valence-corrected chi connectivity index (χ0v) is 15.2. The van der Waals surface area contributed by atoms with E-state index in [0.29, 0.717) is 37.1 Å². The van der Waals surface area contributed by atoms with Gasteiger partial charge < -0.3 is 15.3 Å². The number of rotatable bonds is 2. The van der Waals surface area contributed by atoms with E-state index in [9.17, 15) is 23.1 Å². The molecule has 7 heteroatoms. The average Bonchev–Trinajstić information content (AvgIpc) is 2.95. The van der Waals surface area contributed by atoms with Crippen molar-refractivity contribution < 1.29 is 23.1 Å². The number of carbonyl (C=O) groups is 1. The fraction of sp³-hybridized carbons (Fsp3) is 0.381. The molecule has 1 fully saturated rings. The van der Waals surface area contributed by atoms with E-state index in [4.69, 9.17) is 0 Å². The van der Waals surface area contributed by atoms with Crippen molar-refractivity contribution in [3.05, 3.63) is 65.0 Å². The van der Waals surface area contributed by atoms with Gasteiger partial charge in [-0.15, -0.1) is 0 Å². The lowest BCUT2D eigenvalue weighted by Crippen LogP contribution is -2.39. The minimum atomic E-state index is -4.43. The second kappa shape index (κ2) is 7.04. The number of aliphatic hydroxyl groups excluding tert-OH is 1. The zero-order chi connectivity index (χ0) is 19.9. The van der Waals surface area contributed by atoms with E-state index in [-0.39, 0.29) is 17.7 Å². The van der Waals surface area contributed by atoms with E-state index in [2.05, 4.69) is 5.32 Å². The molecule has 1 aliphatic carbocycles. The fourth-order valence-corrected chi connectivity index (χ4v) is 4.14. The number of hydrogen-bond donors (Lipinski definition) is 2. The second-order valence-corrected chi connectivity index (χ2v) is 7.36. The molecule has 0 aromatic heterocycles. The highest BCUT2D eigenvalue weighted by atomic mass is 19.4. The summed E-state index contributed by atoms with van der Waals surface area (Å²) in [6.45, 7) is 0.559. The van der Waals surface area contributed by atoms with Gasteiger partial charge in [0, 0.05) is 25.1 Å². The molecule has 2 unspecified atom stereocenters. The molecule has 4 rings (SSSR count). The summed E-state index contributed by atoms with van der Waals surface area (Å²) < 4.78 is 39.7. The fourth-order valence-electron chi connectivity index (χ4n) is 4.14. The first-order valence-electron chi connectivity index (χ1n) is 9.36. The van der Waals surface area contributed by atoms with Crippen LogP contribution in [0.1, 0.15) is 42.9 Å². The summed E-state index contributed by atoms with van der Waals surface area (Å²) in [7, 11) is 0. The van der Waals surface area contributed by atoms with Crippen molar-refractivity contribution in [2.45, 2.75) is 43.9 Å². The third-order valence-electron chi connectivity index (χ3n) is 5.54. The lowest BCUT2D eigenvalue weighted by Gasteiger charge is -2.39. The van der Waals surface area contributed by atoms with Gasteiger partial charge in [0.15, 0.2) is 0 Å². The predicted octanol–water partition coefficient (Wildman–Crippen LogP) is 4.88. The number of nitrogens with one attached hydrogen (secondary N) is 1. The Balaban J connectivity index is 1.72. The Morgan fingerprint density at radius 1 is 1.25 bits per heavy atom. The van der Waals surface area contributed by atoms with E-state index < -0.39 is 17.8 Å². The van der Waals surface area contributed by atoms with Gasteiger partial charge in [0.2, 0.25) is 5.91 Å². The predicted molar refractivity (Wildman–Crippen MR) is 99.7 cm³/mol. The van der Waals surface area contributed by atoms with Gasteiger partial charge in [-0.25, -0.2) is 0 Å². The maximum atomic E-state index is 13.2. The molecule has 4 nitrogen and oxygen atoms in total. The van der Waals surface area contributed by atoms with Gasteiger partial charge in [0.25, 0.3) is 0 Å². The van der Waals surface area contributed by atoms with Crippen LogP contribution in [-0.4, -0.2) is 28.5 Å². The first-order valence-corrected chi connectivity index (χ1v) is 9.36. The van der Waals surface area contributed by atoms with Crippen molar-refractivity contribution in [2.75, 3.05) is 11.9 Å². The molecule has 28 heavy (non-hydrogen) atoms. The summed E-state index contributed by atoms with van der Waals surface area (Å²) in [5.74, 6) is 0.238. The minimum absolute atomic E-state index is 0.0151. The van der Waals surface area contributed by atoms with E-state index >= 15 is 0 Å². The molecule has 1 amide bonds. The number of carbonyl (C=O) groups excluding carboxylic acids is 1. The molecule has 0 bridgehead atoms. The zero-order valence-electron chi connectivity index (χ0n) is 15.2. The maximum Gasteiger partial charge on any atom is 0.416 e. The SMILES string of the molecule is O=C1CCCN1C1CC(C2=CCC(O)=CC=C2)Nc2ccc(C(F)(F)F)cc21. The molecule has 2 N–H and O–H groups in total. The van der Waals surface area contributed by atoms with Crippen LogP contribution in [0.15, 0.2) is 53.8 Å². The molecule has 2 heterocycles. The molecule has 0 spiro atoms. The second-order valence-electron chi connectivity index (χ2n) is 7.36. The van der Waals surface area contributed by atoms with Crippen molar-refractivity contribution >= 4 is 11.6 Å². The summed E-state index contributed by atoms with van der Waals surface area (Å²) >= 11 is 0. The summed E-state index contributed by atoms with van der Waals surface area (Å²) in [6.07, 6.45) is 4.78. The number of anilines is 1. The van der Waals surface area contributed by atoms with Crippen LogP contribution >= 0.6 is 0 Å². The Morgan fingerprint density at radius 2 is 2.07 bits per heavy atom.